The van der Waals surface area contributed by atoms with E-state index in [2.05, 4.69) is 10.6 Å². The first kappa shape index (κ1) is 16.0. The highest BCUT2D eigenvalue weighted by molar-refractivity contribution is 7.07. The molecule has 5 nitrogen and oxygen atoms in total. The number of methoxy groups -OCH3 is 1. The van der Waals surface area contributed by atoms with Crippen molar-refractivity contribution in [3.05, 3.63) is 46.2 Å². The Bertz CT molecular complexity index is 653. The van der Waals surface area contributed by atoms with Crippen LogP contribution in [-0.4, -0.2) is 26.0 Å². The Morgan fingerprint density at radius 3 is 2.73 bits per heavy atom. The highest BCUT2D eigenvalue weighted by Gasteiger charge is 2.11. The zero-order valence-electron chi connectivity index (χ0n) is 12.5. The van der Waals surface area contributed by atoms with E-state index >= 15 is 0 Å². The number of nitrogens with one attached hydrogen (secondary N) is 2. The molecule has 0 atom stereocenters. The van der Waals surface area contributed by atoms with E-state index in [-0.39, 0.29) is 11.8 Å². The van der Waals surface area contributed by atoms with Crippen LogP contribution in [0.25, 0.3) is 0 Å². The van der Waals surface area contributed by atoms with E-state index in [0.717, 1.165) is 5.56 Å². The van der Waals surface area contributed by atoms with Crippen molar-refractivity contribution < 1.29 is 14.3 Å². The fourth-order valence-electron chi connectivity index (χ4n) is 2.00. The summed E-state index contributed by atoms with van der Waals surface area (Å²) < 4.78 is 5.22. The van der Waals surface area contributed by atoms with E-state index in [1.54, 1.807) is 36.6 Å². The predicted octanol–water partition coefficient (Wildman–Crippen LogP) is 2.69. The molecule has 0 saturated carbocycles. The molecule has 1 heterocycles. The second-order valence-corrected chi connectivity index (χ2v) is 5.45. The molecule has 1 aromatic carbocycles. The molecule has 116 valence electrons. The Morgan fingerprint density at radius 2 is 2.09 bits per heavy atom. The molecule has 2 N–H and O–H groups in total. The molecule has 0 aliphatic carbocycles. The largest absolute Gasteiger partial charge is 0.495 e. The maximum atomic E-state index is 12.1. The summed E-state index contributed by atoms with van der Waals surface area (Å²) >= 11 is 1.61. The van der Waals surface area contributed by atoms with Crippen LogP contribution in [0.2, 0.25) is 0 Å². The highest BCUT2D eigenvalue weighted by Crippen LogP contribution is 2.25. The lowest BCUT2D eigenvalue weighted by atomic mass is 10.1. The van der Waals surface area contributed by atoms with Crippen molar-refractivity contribution >= 4 is 28.8 Å². The molecule has 0 spiro atoms. The number of hydrogen-bond acceptors (Lipinski definition) is 4. The third kappa shape index (κ3) is 4.08. The standard InChI is InChI=1S/C16H18N2O3S/c1-17-16(20)12-4-5-14(21-2)13(9-12)18-15(19)6-3-11-7-8-22-10-11/h4-5,7-10H,3,6H2,1-2H3,(H,17,20)(H,18,19). The van der Waals surface area contributed by atoms with Gasteiger partial charge in [-0.3, -0.25) is 9.59 Å². The minimum Gasteiger partial charge on any atom is -0.495 e. The summed E-state index contributed by atoms with van der Waals surface area (Å²) in [5.41, 5.74) is 2.11. The van der Waals surface area contributed by atoms with E-state index in [1.165, 1.54) is 7.11 Å². The molecule has 1 aromatic heterocycles. The van der Waals surface area contributed by atoms with Gasteiger partial charge in [-0.1, -0.05) is 0 Å². The minimum atomic E-state index is -0.212. The Labute approximate surface area is 133 Å². The van der Waals surface area contributed by atoms with Gasteiger partial charge in [0.2, 0.25) is 5.91 Å². The number of anilines is 1. The number of amides is 2. The van der Waals surface area contributed by atoms with Gasteiger partial charge >= 0.3 is 0 Å². The van der Waals surface area contributed by atoms with Gasteiger partial charge in [0.25, 0.3) is 5.91 Å². The number of hydrogen-bond donors (Lipinski definition) is 2. The molecule has 0 unspecified atom stereocenters. The van der Waals surface area contributed by atoms with E-state index in [9.17, 15) is 9.59 Å². The number of carbonyl (C=O) groups excluding carboxylic acids is 2. The van der Waals surface area contributed by atoms with Gasteiger partial charge in [0, 0.05) is 19.0 Å². The Morgan fingerprint density at radius 1 is 1.27 bits per heavy atom. The monoisotopic (exact) mass is 318 g/mol. The molecule has 0 saturated heterocycles. The summed E-state index contributed by atoms with van der Waals surface area (Å²) in [7, 11) is 3.08. The van der Waals surface area contributed by atoms with E-state index in [4.69, 9.17) is 4.74 Å². The number of ether oxygens (including phenoxy) is 1. The molecule has 0 fully saturated rings. The van der Waals surface area contributed by atoms with E-state index in [0.29, 0.717) is 29.8 Å². The molecular weight excluding hydrogens is 300 g/mol. The fraction of sp³-hybridized carbons (Fsp3) is 0.250. The number of carbonyl (C=O) groups is 2. The lowest BCUT2D eigenvalue weighted by Gasteiger charge is -2.11. The van der Waals surface area contributed by atoms with E-state index in [1.807, 2.05) is 16.8 Å². The molecule has 6 heteroatoms. The van der Waals surface area contributed by atoms with Gasteiger partial charge in [0.05, 0.1) is 12.8 Å². The van der Waals surface area contributed by atoms with Crippen LogP contribution in [0.1, 0.15) is 22.3 Å². The van der Waals surface area contributed by atoms with Gasteiger partial charge in [0.1, 0.15) is 5.75 Å². The third-order valence-electron chi connectivity index (χ3n) is 3.18. The van der Waals surface area contributed by atoms with Crippen LogP contribution in [0.3, 0.4) is 0 Å². The number of benzene rings is 1. The van der Waals surface area contributed by atoms with Gasteiger partial charge in [-0.05, 0) is 47.0 Å². The summed E-state index contributed by atoms with van der Waals surface area (Å²) in [4.78, 5) is 23.7. The van der Waals surface area contributed by atoms with Crippen molar-refractivity contribution in [3.63, 3.8) is 0 Å². The topological polar surface area (TPSA) is 67.4 Å². The molecule has 22 heavy (non-hydrogen) atoms. The van der Waals surface area contributed by atoms with Crippen molar-refractivity contribution in [2.24, 2.45) is 0 Å². The summed E-state index contributed by atoms with van der Waals surface area (Å²) in [6, 6.07) is 6.93. The Kier molecular flexibility index (Phi) is 5.55. The second kappa shape index (κ2) is 7.61. The average Bonchev–Trinajstić information content (AvgIpc) is 3.05. The lowest BCUT2D eigenvalue weighted by Crippen LogP contribution is -2.19. The Hall–Kier alpha value is -2.34. The summed E-state index contributed by atoms with van der Waals surface area (Å²) in [5.74, 6) is 0.200. The van der Waals surface area contributed by atoms with Crippen molar-refractivity contribution in [2.75, 3.05) is 19.5 Å². The smallest absolute Gasteiger partial charge is 0.251 e. The SMILES string of the molecule is CNC(=O)c1ccc(OC)c(NC(=O)CCc2ccsc2)c1. The normalized spacial score (nSPS) is 10.1. The molecule has 0 aliphatic heterocycles. The third-order valence-corrected chi connectivity index (χ3v) is 3.92. The van der Waals surface area contributed by atoms with Gasteiger partial charge in [0.15, 0.2) is 0 Å². The zero-order chi connectivity index (χ0) is 15.9. The summed E-state index contributed by atoms with van der Waals surface area (Å²) in [6.45, 7) is 0. The maximum absolute atomic E-state index is 12.1. The molecule has 0 radical (unpaired) electrons. The average molecular weight is 318 g/mol. The molecule has 2 aromatic rings. The van der Waals surface area contributed by atoms with Crippen molar-refractivity contribution in [3.8, 4) is 5.75 Å². The molecular formula is C16H18N2O3S. The molecule has 2 amide bonds. The van der Waals surface area contributed by atoms with Crippen LogP contribution < -0.4 is 15.4 Å². The van der Waals surface area contributed by atoms with Gasteiger partial charge in [-0.15, -0.1) is 0 Å². The zero-order valence-corrected chi connectivity index (χ0v) is 13.3. The van der Waals surface area contributed by atoms with Gasteiger partial charge in [-0.25, -0.2) is 0 Å². The Balaban J connectivity index is 2.06. The van der Waals surface area contributed by atoms with Crippen LogP contribution in [-0.2, 0) is 11.2 Å². The number of aryl methyl sites for hydroxylation is 1. The van der Waals surface area contributed by atoms with Crippen molar-refractivity contribution in [1.29, 1.82) is 0 Å². The molecule has 0 bridgehead atoms. The number of rotatable bonds is 6. The first-order chi connectivity index (χ1) is 10.6. The number of thiophene rings is 1. The van der Waals surface area contributed by atoms with Crippen LogP contribution >= 0.6 is 11.3 Å². The van der Waals surface area contributed by atoms with Crippen molar-refractivity contribution in [1.82, 2.24) is 5.32 Å². The molecule has 0 aliphatic rings. The van der Waals surface area contributed by atoms with Gasteiger partial charge < -0.3 is 15.4 Å². The predicted molar refractivity (Wildman–Crippen MR) is 87.7 cm³/mol. The van der Waals surface area contributed by atoms with Crippen LogP contribution in [0.15, 0.2) is 35.0 Å². The molecule has 2 rings (SSSR count). The van der Waals surface area contributed by atoms with Crippen LogP contribution in [0, 0.1) is 0 Å². The highest BCUT2D eigenvalue weighted by atomic mass is 32.1. The minimum absolute atomic E-state index is 0.112. The van der Waals surface area contributed by atoms with Gasteiger partial charge in [-0.2, -0.15) is 11.3 Å². The van der Waals surface area contributed by atoms with E-state index < -0.39 is 0 Å². The second-order valence-electron chi connectivity index (χ2n) is 4.67. The first-order valence-corrected chi connectivity index (χ1v) is 7.79. The first-order valence-electron chi connectivity index (χ1n) is 6.85. The fourth-order valence-corrected chi connectivity index (χ4v) is 2.70. The lowest BCUT2D eigenvalue weighted by molar-refractivity contribution is -0.116. The van der Waals surface area contributed by atoms with Crippen LogP contribution in [0.5, 0.6) is 5.75 Å². The summed E-state index contributed by atoms with van der Waals surface area (Å²) in [5, 5.41) is 9.37. The summed E-state index contributed by atoms with van der Waals surface area (Å²) in [6.07, 6.45) is 1.07. The van der Waals surface area contributed by atoms with Crippen LogP contribution in [0.4, 0.5) is 5.69 Å². The quantitative estimate of drug-likeness (QED) is 0.860. The maximum Gasteiger partial charge on any atom is 0.251 e. The van der Waals surface area contributed by atoms with Crippen molar-refractivity contribution in [2.45, 2.75) is 12.8 Å².